The number of nitrogens with zero attached hydrogens (tertiary/aromatic N) is 1. The number of hydrogen-bond donors (Lipinski definition) is 0. The number of benzene rings is 2. The summed E-state index contributed by atoms with van der Waals surface area (Å²) in [4.78, 5) is 15.5. The first-order valence-electron chi connectivity index (χ1n) is 9.21. The van der Waals surface area contributed by atoms with Crippen molar-refractivity contribution in [3.8, 4) is 0 Å². The number of hydrogen-bond acceptors (Lipinski definition) is 3. The number of rotatable bonds is 4. The quantitative estimate of drug-likeness (QED) is 0.795. The Morgan fingerprint density at radius 1 is 0.960 bits per heavy atom. The zero-order valence-electron chi connectivity index (χ0n) is 14.7. The fourth-order valence-electron chi connectivity index (χ4n) is 4.50. The molecule has 0 N–H and O–H groups in total. The van der Waals surface area contributed by atoms with Crippen LogP contribution in [0.5, 0.6) is 0 Å². The molecule has 1 saturated heterocycles. The first kappa shape index (κ1) is 16.3. The minimum atomic E-state index is -0.347. The van der Waals surface area contributed by atoms with E-state index in [9.17, 15) is 4.79 Å². The lowest BCUT2D eigenvalue weighted by atomic mass is 9.87. The normalized spacial score (nSPS) is 25.9. The summed E-state index contributed by atoms with van der Waals surface area (Å²) in [5, 5.41) is 0. The van der Waals surface area contributed by atoms with Gasteiger partial charge in [0.25, 0.3) is 0 Å². The molecule has 2 fully saturated rings. The minimum absolute atomic E-state index is 0.0520. The molecule has 4 rings (SSSR count). The summed E-state index contributed by atoms with van der Waals surface area (Å²) in [5.74, 6) is 0.208. The number of carbonyl (C=O) groups is 1. The van der Waals surface area contributed by atoms with Crippen LogP contribution in [0, 0.1) is 5.92 Å². The third-order valence-corrected chi connectivity index (χ3v) is 5.69. The van der Waals surface area contributed by atoms with Crippen molar-refractivity contribution in [1.82, 2.24) is 4.90 Å². The Bertz CT molecular complexity index is 674. The Morgan fingerprint density at radius 2 is 1.56 bits per heavy atom. The first-order valence-corrected chi connectivity index (χ1v) is 9.21. The van der Waals surface area contributed by atoms with E-state index < -0.39 is 0 Å². The molecule has 0 aromatic heterocycles. The van der Waals surface area contributed by atoms with Crippen LogP contribution in [-0.4, -0.2) is 36.6 Å². The maximum Gasteiger partial charge on any atom is 0.318 e. The molecule has 3 nitrogen and oxygen atoms in total. The van der Waals surface area contributed by atoms with Gasteiger partial charge in [-0.15, -0.1) is 0 Å². The van der Waals surface area contributed by atoms with E-state index in [0.29, 0.717) is 12.0 Å². The molecule has 2 bridgehead atoms. The van der Waals surface area contributed by atoms with E-state index in [-0.39, 0.29) is 18.0 Å². The number of likely N-dealkylation sites (tertiary alicyclic amines) is 1. The highest BCUT2D eigenvalue weighted by atomic mass is 16.5. The molecule has 2 aromatic rings. The van der Waals surface area contributed by atoms with Crippen LogP contribution in [0.2, 0.25) is 0 Å². The average Bonchev–Trinajstić information content (AvgIpc) is 2.89. The van der Waals surface area contributed by atoms with E-state index in [1.807, 2.05) is 60.7 Å². The lowest BCUT2D eigenvalue weighted by Crippen LogP contribution is -2.33. The van der Waals surface area contributed by atoms with Crippen molar-refractivity contribution in [3.63, 3.8) is 0 Å². The van der Waals surface area contributed by atoms with Gasteiger partial charge in [0.05, 0.1) is 0 Å². The van der Waals surface area contributed by atoms with Crippen LogP contribution in [0.1, 0.15) is 36.3 Å². The Morgan fingerprint density at radius 3 is 2.12 bits per heavy atom. The smallest absolute Gasteiger partial charge is 0.318 e. The summed E-state index contributed by atoms with van der Waals surface area (Å²) in [6.45, 7) is 1.14. The second-order valence-corrected chi connectivity index (χ2v) is 7.48. The van der Waals surface area contributed by atoms with Crippen LogP contribution < -0.4 is 0 Å². The van der Waals surface area contributed by atoms with E-state index in [1.54, 1.807) is 0 Å². The van der Waals surface area contributed by atoms with E-state index >= 15 is 0 Å². The molecule has 3 heteroatoms. The summed E-state index contributed by atoms with van der Waals surface area (Å²) in [6.07, 6.45) is 3.28. The molecule has 0 amide bonds. The molecule has 1 saturated carbocycles. The molecule has 2 unspecified atom stereocenters. The topological polar surface area (TPSA) is 29.5 Å². The third-order valence-electron chi connectivity index (χ3n) is 5.69. The second kappa shape index (κ2) is 7.01. The minimum Gasteiger partial charge on any atom is -0.462 e. The van der Waals surface area contributed by atoms with Crippen LogP contribution in [-0.2, 0) is 9.53 Å². The van der Waals surface area contributed by atoms with Crippen LogP contribution >= 0.6 is 0 Å². The Hall–Kier alpha value is -2.13. The summed E-state index contributed by atoms with van der Waals surface area (Å²) in [7, 11) is 2.19. The standard InChI is InChI=1S/C22H25NO2/c1-23-15-16-12-19(23)14-20(13-16)25-22(24)21(17-8-4-2-5-9-17)18-10-6-3-7-11-18/h2-11,16,19-21H,12-15H2,1H3/t16?,19?,20-/m1/s1. The Balaban J connectivity index is 1.54. The summed E-state index contributed by atoms with van der Waals surface area (Å²) in [5.41, 5.74) is 1.99. The molecule has 1 heterocycles. The van der Waals surface area contributed by atoms with Crippen molar-refractivity contribution >= 4 is 5.97 Å². The van der Waals surface area contributed by atoms with Gasteiger partial charge < -0.3 is 9.64 Å². The van der Waals surface area contributed by atoms with E-state index in [1.165, 1.54) is 6.42 Å². The molecule has 0 spiro atoms. The molecule has 0 radical (unpaired) electrons. The number of carbonyl (C=O) groups excluding carboxylic acids is 1. The predicted molar refractivity (Wildman–Crippen MR) is 98.4 cm³/mol. The highest BCUT2D eigenvalue weighted by Gasteiger charge is 2.39. The maximum absolute atomic E-state index is 13.1. The second-order valence-electron chi connectivity index (χ2n) is 7.48. The molecule has 130 valence electrons. The van der Waals surface area contributed by atoms with E-state index in [4.69, 9.17) is 4.74 Å². The Labute approximate surface area is 149 Å². The summed E-state index contributed by atoms with van der Waals surface area (Å²) >= 11 is 0. The fraction of sp³-hybridized carbons (Fsp3) is 0.409. The van der Waals surface area contributed by atoms with Crippen molar-refractivity contribution in [1.29, 1.82) is 0 Å². The lowest BCUT2D eigenvalue weighted by Gasteiger charge is -2.29. The van der Waals surface area contributed by atoms with Gasteiger partial charge in [0.1, 0.15) is 12.0 Å². The molecular formula is C22H25NO2. The average molecular weight is 335 g/mol. The van der Waals surface area contributed by atoms with Gasteiger partial charge in [-0.05, 0) is 43.4 Å². The third kappa shape index (κ3) is 3.47. The molecule has 1 aliphatic heterocycles. The molecule has 25 heavy (non-hydrogen) atoms. The van der Waals surface area contributed by atoms with Crippen molar-refractivity contribution in [3.05, 3.63) is 71.8 Å². The number of esters is 1. The highest BCUT2D eigenvalue weighted by Crippen LogP contribution is 2.37. The van der Waals surface area contributed by atoms with Crippen LogP contribution in [0.25, 0.3) is 0 Å². The van der Waals surface area contributed by atoms with E-state index in [0.717, 1.165) is 30.5 Å². The summed E-state index contributed by atoms with van der Waals surface area (Å²) < 4.78 is 6.03. The Kier molecular flexibility index (Phi) is 4.58. The SMILES string of the molecule is CN1CC2CC1C[C@H](OC(=O)C(c1ccccc1)c1ccccc1)C2. The summed E-state index contributed by atoms with van der Waals surface area (Å²) in [6, 6.07) is 20.5. The van der Waals surface area contributed by atoms with Crippen LogP contribution in [0.15, 0.2) is 60.7 Å². The molecule has 2 aliphatic rings. The van der Waals surface area contributed by atoms with Gasteiger partial charge in [-0.2, -0.15) is 0 Å². The van der Waals surface area contributed by atoms with Crippen molar-refractivity contribution in [2.75, 3.05) is 13.6 Å². The number of fused-ring (bicyclic) bond motifs is 2. The number of ether oxygens (including phenoxy) is 1. The first-order chi connectivity index (χ1) is 12.2. The zero-order chi connectivity index (χ0) is 17.2. The van der Waals surface area contributed by atoms with Gasteiger partial charge in [-0.3, -0.25) is 4.79 Å². The highest BCUT2D eigenvalue weighted by molar-refractivity contribution is 5.82. The van der Waals surface area contributed by atoms with Gasteiger partial charge in [0, 0.05) is 12.6 Å². The van der Waals surface area contributed by atoms with Gasteiger partial charge in [-0.25, -0.2) is 0 Å². The van der Waals surface area contributed by atoms with Crippen molar-refractivity contribution in [2.24, 2.45) is 5.92 Å². The molecule has 1 aliphatic carbocycles. The van der Waals surface area contributed by atoms with Crippen LogP contribution in [0.3, 0.4) is 0 Å². The monoisotopic (exact) mass is 335 g/mol. The van der Waals surface area contributed by atoms with Gasteiger partial charge >= 0.3 is 5.97 Å². The predicted octanol–water partition coefficient (Wildman–Crippen LogP) is 3.84. The maximum atomic E-state index is 13.1. The van der Waals surface area contributed by atoms with E-state index in [2.05, 4.69) is 11.9 Å². The zero-order valence-corrected chi connectivity index (χ0v) is 14.7. The molecule has 2 aromatic carbocycles. The van der Waals surface area contributed by atoms with Gasteiger partial charge in [-0.1, -0.05) is 60.7 Å². The molecule has 3 atom stereocenters. The van der Waals surface area contributed by atoms with Crippen molar-refractivity contribution in [2.45, 2.75) is 37.3 Å². The largest absolute Gasteiger partial charge is 0.462 e. The van der Waals surface area contributed by atoms with Crippen molar-refractivity contribution < 1.29 is 9.53 Å². The fourth-order valence-corrected chi connectivity index (χ4v) is 4.50. The van der Waals surface area contributed by atoms with Gasteiger partial charge in [0.2, 0.25) is 0 Å². The van der Waals surface area contributed by atoms with Gasteiger partial charge in [0.15, 0.2) is 0 Å². The molecular weight excluding hydrogens is 310 g/mol. The van der Waals surface area contributed by atoms with Crippen LogP contribution in [0.4, 0.5) is 0 Å². The lowest BCUT2D eigenvalue weighted by molar-refractivity contribution is -0.152.